The number of phenolic OH excluding ortho intramolecular Hbond substituents is 1. The van der Waals surface area contributed by atoms with E-state index in [1.807, 2.05) is 0 Å². The topological polar surface area (TPSA) is 558 Å². The van der Waals surface area contributed by atoms with Crippen LogP contribution >= 0.6 is 0 Å². The first-order chi connectivity index (χ1) is 47.5. The van der Waals surface area contributed by atoms with E-state index in [1.54, 1.807) is 74.5 Å². The van der Waals surface area contributed by atoms with Crippen molar-refractivity contribution in [2.24, 2.45) is 30.7 Å². The van der Waals surface area contributed by atoms with Gasteiger partial charge in [-0.15, -0.1) is 0 Å². The summed E-state index contributed by atoms with van der Waals surface area (Å²) in [6, 6.07) is 23.1. The number of nitrogens with zero attached hydrogens (tertiary/aromatic N) is 6. The summed E-state index contributed by atoms with van der Waals surface area (Å²) in [5.74, 6) is 0.347. The first-order valence-electron chi connectivity index (χ1n) is 31.6. The van der Waals surface area contributed by atoms with E-state index in [2.05, 4.69) is 30.7 Å². The molecule has 26 rings (SSSR count). The van der Waals surface area contributed by atoms with Crippen molar-refractivity contribution in [1.82, 2.24) is 0 Å². The van der Waals surface area contributed by atoms with Crippen molar-refractivity contribution in [1.29, 1.82) is 0 Å². The van der Waals surface area contributed by atoms with Crippen LogP contribution in [0.25, 0.3) is 0 Å². The molecule has 18 N–H and O–H groups in total. The minimum absolute atomic E-state index is 0.138. The summed E-state index contributed by atoms with van der Waals surface area (Å²) in [4.78, 5) is 0. The van der Waals surface area contributed by atoms with Crippen LogP contribution in [0.3, 0.4) is 0 Å². The van der Waals surface area contributed by atoms with Crippen molar-refractivity contribution in [3.63, 3.8) is 0 Å². The molecule has 30 atom stereocenters. The largest absolute Gasteiger partial charge is 0.507 e. The molecule has 0 amide bonds. The summed E-state index contributed by atoms with van der Waals surface area (Å²) in [5, 5.41) is 227. The predicted octanol–water partition coefficient (Wildman–Crippen LogP) is -3.40. The smallest absolute Gasteiger partial charge is 0.187 e. The summed E-state index contributed by atoms with van der Waals surface area (Å²) in [6.07, 6.45) is -59.7. The van der Waals surface area contributed by atoms with Gasteiger partial charge >= 0.3 is 0 Å². The summed E-state index contributed by atoms with van der Waals surface area (Å²) in [7, 11) is 0. The maximum absolute atomic E-state index is 11.9. The Bertz CT molecular complexity index is 3320. The quantitative estimate of drug-likeness (QED) is 0.0547. The molecular weight excluding hydrogens is 1320 g/mol. The molecule has 37 heteroatoms. The van der Waals surface area contributed by atoms with Crippen LogP contribution in [-0.2, 0) is 56.8 Å². The fourth-order valence-electron chi connectivity index (χ4n) is 12.2. The molecule has 0 unspecified atom stereocenters. The van der Waals surface area contributed by atoms with E-state index in [9.17, 15) is 91.9 Å². The zero-order valence-electron chi connectivity index (χ0n) is 52.7. The van der Waals surface area contributed by atoms with E-state index in [0.717, 1.165) is 0 Å². The molecule has 22 heterocycles. The van der Waals surface area contributed by atoms with Crippen molar-refractivity contribution >= 4 is 34.1 Å². The number of azo groups is 3. The van der Waals surface area contributed by atoms with Gasteiger partial charge < -0.3 is 153 Å². The van der Waals surface area contributed by atoms with Gasteiger partial charge in [0.1, 0.15) is 165 Å². The van der Waals surface area contributed by atoms with Gasteiger partial charge in [-0.25, -0.2) is 0 Å². The SMILES string of the molecule is Cc1cc(N=Nc2ccc(N=Nc3ccc(N=Nc4ccc(OC[C@H]5O[C@@H]6O[C@H]7[C@H](O)[C@@H](O)[C@@H](O[C@H]8[C@H](O)[C@@H](O)[C@@H](O[C@H]9[C@H](O)[C@@H](O)[C@@H](O[C@H]%10[C@H](O)[C@@H](O)[C@@H](O[C@H]%11[C@H](O)[C@@H](O)[C@@H](O[C@H]5[C@H](O)[C@H]6O)O[C@@H]%11CO)O[C@@H]%10CO)O[C@@H]9CO)O[C@@H]8CO)O[C@@H]7CO)cc4)cc3)cc2)cc(C)c1O. The average Bonchev–Trinajstić information content (AvgIpc) is 0.777. The van der Waals surface area contributed by atoms with Crippen molar-refractivity contribution in [2.75, 3.05) is 39.6 Å². The predicted molar refractivity (Wildman–Crippen MR) is 324 cm³/mol. The minimum atomic E-state index is -2.20. The number of aryl methyl sites for hydroxylation is 2. The Morgan fingerprint density at radius 2 is 0.485 bits per heavy atom. The van der Waals surface area contributed by atoms with Crippen LogP contribution in [0, 0.1) is 13.8 Å². The second-order valence-electron chi connectivity index (χ2n) is 24.5. The number of hydrogen-bond acceptors (Lipinski definition) is 37. The van der Waals surface area contributed by atoms with Crippen LogP contribution in [0.2, 0.25) is 0 Å². The van der Waals surface area contributed by atoms with Crippen molar-refractivity contribution in [3.8, 4) is 11.5 Å². The highest BCUT2D eigenvalue weighted by Gasteiger charge is 2.59. The molecule has 37 nitrogen and oxygen atoms in total. The molecule has 4 aromatic rings. The van der Waals surface area contributed by atoms with Crippen LogP contribution < -0.4 is 4.74 Å². The minimum Gasteiger partial charge on any atom is -0.507 e. The van der Waals surface area contributed by atoms with E-state index in [-0.39, 0.29) is 11.5 Å². The molecule has 22 fully saturated rings. The molecule has 0 aliphatic carbocycles. The molecule has 0 saturated carbocycles. The van der Waals surface area contributed by atoms with E-state index >= 15 is 0 Å². The normalized spacial score (nSPS) is 41.0. The maximum Gasteiger partial charge on any atom is 0.187 e. The number of aliphatic hydroxyl groups excluding tert-OH is 17. The van der Waals surface area contributed by atoms with E-state index in [1.165, 1.54) is 24.3 Å². The van der Waals surface area contributed by atoms with Gasteiger partial charge in [0.05, 0.1) is 67.2 Å². The Balaban J connectivity index is 0.804. The molecule has 0 aromatic heterocycles. The lowest BCUT2D eigenvalue weighted by atomic mass is 9.94. The molecule has 22 saturated heterocycles. The number of aliphatic hydroxyl groups is 17. The van der Waals surface area contributed by atoms with Crippen LogP contribution in [-0.4, -0.2) is 316 Å². The maximum atomic E-state index is 11.9. The van der Waals surface area contributed by atoms with Crippen molar-refractivity contribution in [3.05, 3.63) is 96.1 Å². The standard InChI is InChI=1S/C62H80N6O31/c1-23-15-30(16-24(2)38(23)74)68-67-28-9-7-26(8-10-28)64-63-25-3-5-27(6-4-25)65-66-29-11-13-31(14-12-29)87-22-37-56-44(80)50(86)62(93-37)98-55-36(21-73)91-60(48(84)42(55)78)96-53-34(19-71)89-58(46(82)40(53)76)94-51-32(17-69)88-57(45(81)39(51)75)95-52-33(18-70)90-59(47(83)41(52)77)97-54-35(20-72)92-61(99-56)49(85)43(54)79/h3-16,32-37,39-62,69-86H,17-22H2,1-2H3/t32-,33-,34-,35-,36-,37-,39-,40-,41-,42-,43-,44-,45-,46-,47-,48-,49-,50-,51-,52-,53-,54-,55-,56-,57-,58-,59-,60-,61-,62-/m1/s1. The Labute approximate surface area is 562 Å². The van der Waals surface area contributed by atoms with Crippen LogP contribution in [0.1, 0.15) is 11.1 Å². The van der Waals surface area contributed by atoms with E-state index < -0.39 is 224 Å². The van der Waals surface area contributed by atoms with Crippen LogP contribution in [0.15, 0.2) is 116 Å². The second kappa shape index (κ2) is 32.6. The lowest BCUT2D eigenvalue weighted by Gasteiger charge is -2.50. The molecule has 99 heavy (non-hydrogen) atoms. The number of ether oxygens (including phenoxy) is 13. The van der Waals surface area contributed by atoms with E-state index in [4.69, 9.17) is 61.6 Å². The number of hydrogen-bond donors (Lipinski definition) is 18. The highest BCUT2D eigenvalue weighted by Crippen LogP contribution is 2.40. The summed E-state index contributed by atoms with van der Waals surface area (Å²) >= 11 is 0. The summed E-state index contributed by atoms with van der Waals surface area (Å²) in [5.41, 5.74) is 4.43. The van der Waals surface area contributed by atoms with Gasteiger partial charge in [-0.1, -0.05) is 0 Å². The van der Waals surface area contributed by atoms with Crippen molar-refractivity contribution in [2.45, 2.75) is 198 Å². The zero-order chi connectivity index (χ0) is 70.7. The Kier molecular flexibility index (Phi) is 24.5. The summed E-state index contributed by atoms with van der Waals surface area (Å²) < 4.78 is 76.3. The number of benzene rings is 4. The Morgan fingerprint density at radius 1 is 0.283 bits per heavy atom. The highest BCUT2D eigenvalue weighted by molar-refractivity contribution is 5.53. The number of phenols is 1. The fraction of sp³-hybridized carbons (Fsp3) is 0.613. The molecule has 4 aromatic carbocycles. The van der Waals surface area contributed by atoms with Crippen molar-refractivity contribution < 1.29 is 153 Å². The van der Waals surface area contributed by atoms with Gasteiger partial charge in [-0.2, -0.15) is 30.7 Å². The number of aromatic hydroxyl groups is 1. The molecular formula is C62H80N6O31. The third-order valence-electron chi connectivity index (χ3n) is 17.8. The van der Waals surface area contributed by atoms with Gasteiger partial charge in [0, 0.05) is 0 Å². The Morgan fingerprint density at radius 3 is 0.717 bits per heavy atom. The zero-order valence-corrected chi connectivity index (χ0v) is 52.7. The number of rotatable bonds is 14. The first-order valence-corrected chi connectivity index (χ1v) is 31.6. The summed E-state index contributed by atoms with van der Waals surface area (Å²) in [6.45, 7) is -2.19. The first kappa shape index (κ1) is 74.3. The second-order valence-corrected chi connectivity index (χ2v) is 24.5. The van der Waals surface area contributed by atoms with Gasteiger partial charge in [0.25, 0.3) is 0 Å². The lowest BCUT2D eigenvalue weighted by Crippen LogP contribution is -2.69. The highest BCUT2D eigenvalue weighted by atomic mass is 16.8. The lowest BCUT2D eigenvalue weighted by molar-refractivity contribution is -0.403. The molecule has 12 bridgehead atoms. The van der Waals surface area contributed by atoms with Crippen LogP contribution in [0.5, 0.6) is 11.5 Å². The molecule has 0 spiro atoms. The van der Waals surface area contributed by atoms with Gasteiger partial charge in [0.2, 0.25) is 0 Å². The van der Waals surface area contributed by atoms with E-state index in [0.29, 0.717) is 45.3 Å². The van der Waals surface area contributed by atoms with Crippen LogP contribution in [0.4, 0.5) is 34.1 Å². The Hall–Kier alpha value is -5.88. The van der Waals surface area contributed by atoms with Gasteiger partial charge in [0.15, 0.2) is 37.7 Å². The molecule has 544 valence electrons. The van der Waals surface area contributed by atoms with Gasteiger partial charge in [-0.3, -0.25) is 0 Å². The molecule has 22 aliphatic heterocycles. The monoisotopic (exact) mass is 1400 g/mol. The third kappa shape index (κ3) is 16.3. The molecule has 22 aliphatic rings. The molecule has 0 radical (unpaired) electrons. The third-order valence-corrected chi connectivity index (χ3v) is 17.8. The average molecular weight is 1410 g/mol. The van der Waals surface area contributed by atoms with Gasteiger partial charge in [-0.05, 0) is 110 Å². The fourth-order valence-corrected chi connectivity index (χ4v) is 12.2.